The number of rotatable bonds is 3. The van der Waals surface area contributed by atoms with Gasteiger partial charge in [-0.1, -0.05) is 32.9 Å². The van der Waals surface area contributed by atoms with Gasteiger partial charge >= 0.3 is 0 Å². The maximum Gasteiger partial charge on any atom is 0.251 e. The standard InChI is InChI=1S/C15H22N2O/c1-15(2,3)13-6-4-12(5-7-13)14(18)17-10-11-8-16-9-11/h4-7,11,16H,8-10H2,1-3H3,(H,17,18). The van der Waals surface area contributed by atoms with Gasteiger partial charge in [0.1, 0.15) is 0 Å². The summed E-state index contributed by atoms with van der Waals surface area (Å²) in [5.41, 5.74) is 2.13. The topological polar surface area (TPSA) is 41.1 Å². The average molecular weight is 246 g/mol. The monoisotopic (exact) mass is 246 g/mol. The molecule has 0 aliphatic carbocycles. The van der Waals surface area contributed by atoms with Gasteiger partial charge in [-0.2, -0.15) is 0 Å². The molecule has 1 aliphatic rings. The van der Waals surface area contributed by atoms with E-state index in [4.69, 9.17) is 0 Å². The Balaban J connectivity index is 1.93. The minimum absolute atomic E-state index is 0.0300. The second-order valence-electron chi connectivity index (χ2n) is 6.06. The van der Waals surface area contributed by atoms with Gasteiger partial charge in [0.25, 0.3) is 5.91 Å². The summed E-state index contributed by atoms with van der Waals surface area (Å²) in [7, 11) is 0. The lowest BCUT2D eigenvalue weighted by molar-refractivity contribution is 0.0942. The first-order valence-corrected chi connectivity index (χ1v) is 6.56. The molecule has 1 aromatic carbocycles. The van der Waals surface area contributed by atoms with Crippen molar-refractivity contribution in [2.45, 2.75) is 26.2 Å². The van der Waals surface area contributed by atoms with Crippen molar-refractivity contribution in [3.63, 3.8) is 0 Å². The molecule has 2 N–H and O–H groups in total. The highest BCUT2D eigenvalue weighted by Crippen LogP contribution is 2.22. The lowest BCUT2D eigenvalue weighted by Crippen LogP contribution is -2.48. The van der Waals surface area contributed by atoms with Crippen LogP contribution in [-0.2, 0) is 5.41 Å². The van der Waals surface area contributed by atoms with Crippen LogP contribution in [0.2, 0.25) is 0 Å². The molecular formula is C15H22N2O. The van der Waals surface area contributed by atoms with Crippen molar-refractivity contribution in [2.24, 2.45) is 5.92 Å². The third-order valence-electron chi connectivity index (χ3n) is 3.43. The summed E-state index contributed by atoms with van der Waals surface area (Å²) >= 11 is 0. The lowest BCUT2D eigenvalue weighted by Gasteiger charge is -2.27. The zero-order valence-electron chi connectivity index (χ0n) is 11.4. The van der Waals surface area contributed by atoms with Gasteiger partial charge < -0.3 is 10.6 Å². The fourth-order valence-corrected chi connectivity index (χ4v) is 1.95. The molecule has 3 heteroatoms. The highest BCUT2D eigenvalue weighted by molar-refractivity contribution is 5.94. The Bertz CT molecular complexity index is 413. The Kier molecular flexibility index (Phi) is 3.71. The summed E-state index contributed by atoms with van der Waals surface area (Å²) in [5.74, 6) is 0.630. The zero-order valence-corrected chi connectivity index (χ0v) is 11.4. The summed E-state index contributed by atoms with van der Waals surface area (Å²) in [6.07, 6.45) is 0. The van der Waals surface area contributed by atoms with Crippen molar-refractivity contribution in [1.82, 2.24) is 10.6 Å². The van der Waals surface area contributed by atoms with Gasteiger partial charge in [0.05, 0.1) is 0 Å². The van der Waals surface area contributed by atoms with Gasteiger partial charge in [0.15, 0.2) is 0 Å². The Hall–Kier alpha value is -1.35. The quantitative estimate of drug-likeness (QED) is 0.855. The molecule has 1 heterocycles. The minimum Gasteiger partial charge on any atom is -0.352 e. The van der Waals surface area contributed by atoms with Crippen LogP contribution in [-0.4, -0.2) is 25.5 Å². The van der Waals surface area contributed by atoms with Crippen LogP contribution in [0.15, 0.2) is 24.3 Å². The molecule has 2 rings (SSSR count). The van der Waals surface area contributed by atoms with E-state index in [2.05, 4.69) is 31.4 Å². The van der Waals surface area contributed by atoms with E-state index in [1.54, 1.807) is 0 Å². The summed E-state index contributed by atoms with van der Waals surface area (Å²) in [4.78, 5) is 11.9. The van der Waals surface area contributed by atoms with Gasteiger partial charge in [-0.25, -0.2) is 0 Å². The van der Waals surface area contributed by atoms with E-state index < -0.39 is 0 Å². The molecular weight excluding hydrogens is 224 g/mol. The van der Waals surface area contributed by atoms with Crippen molar-refractivity contribution in [3.05, 3.63) is 35.4 Å². The molecule has 0 spiro atoms. The average Bonchev–Trinajstić information content (AvgIpc) is 2.26. The molecule has 1 amide bonds. The summed E-state index contributed by atoms with van der Waals surface area (Å²) < 4.78 is 0. The first-order valence-electron chi connectivity index (χ1n) is 6.56. The Morgan fingerprint density at radius 3 is 2.33 bits per heavy atom. The SMILES string of the molecule is CC(C)(C)c1ccc(C(=O)NCC2CNC2)cc1. The normalized spacial score (nSPS) is 16.2. The summed E-state index contributed by atoms with van der Waals surface area (Å²) in [5, 5.41) is 6.18. The van der Waals surface area contributed by atoms with E-state index in [1.165, 1.54) is 5.56 Å². The predicted molar refractivity (Wildman–Crippen MR) is 73.8 cm³/mol. The van der Waals surface area contributed by atoms with Crippen LogP contribution < -0.4 is 10.6 Å². The predicted octanol–water partition coefficient (Wildman–Crippen LogP) is 1.93. The number of amides is 1. The molecule has 3 nitrogen and oxygen atoms in total. The second-order valence-corrected chi connectivity index (χ2v) is 6.06. The van der Waals surface area contributed by atoms with Gasteiger partial charge in [-0.3, -0.25) is 4.79 Å². The number of hydrogen-bond donors (Lipinski definition) is 2. The Morgan fingerprint density at radius 1 is 1.28 bits per heavy atom. The first kappa shape index (κ1) is 13.1. The first-order chi connectivity index (χ1) is 8.47. The van der Waals surface area contributed by atoms with E-state index in [0.717, 1.165) is 25.2 Å². The van der Waals surface area contributed by atoms with Crippen molar-refractivity contribution in [3.8, 4) is 0 Å². The number of benzene rings is 1. The van der Waals surface area contributed by atoms with Crippen molar-refractivity contribution < 1.29 is 4.79 Å². The Labute approximate surface area is 109 Å². The van der Waals surface area contributed by atoms with E-state index in [9.17, 15) is 4.79 Å². The van der Waals surface area contributed by atoms with E-state index in [-0.39, 0.29) is 11.3 Å². The molecule has 98 valence electrons. The summed E-state index contributed by atoms with van der Waals surface area (Å²) in [6, 6.07) is 7.91. The fourth-order valence-electron chi connectivity index (χ4n) is 1.95. The van der Waals surface area contributed by atoms with Crippen molar-refractivity contribution in [1.29, 1.82) is 0 Å². The maximum absolute atomic E-state index is 11.9. The van der Waals surface area contributed by atoms with Gasteiger partial charge in [0.2, 0.25) is 0 Å². The number of nitrogens with one attached hydrogen (secondary N) is 2. The molecule has 0 unspecified atom stereocenters. The summed E-state index contributed by atoms with van der Waals surface area (Å²) in [6.45, 7) is 9.32. The van der Waals surface area contributed by atoms with Crippen LogP contribution in [0.4, 0.5) is 0 Å². The Morgan fingerprint density at radius 2 is 1.89 bits per heavy atom. The van der Waals surface area contributed by atoms with Gasteiger partial charge in [-0.15, -0.1) is 0 Å². The van der Waals surface area contributed by atoms with E-state index >= 15 is 0 Å². The minimum atomic E-state index is 0.0300. The zero-order chi connectivity index (χ0) is 13.2. The fraction of sp³-hybridized carbons (Fsp3) is 0.533. The van der Waals surface area contributed by atoms with Crippen LogP contribution in [0.1, 0.15) is 36.7 Å². The number of hydrogen-bond acceptors (Lipinski definition) is 2. The van der Waals surface area contributed by atoms with Gasteiger partial charge in [-0.05, 0) is 23.1 Å². The van der Waals surface area contributed by atoms with Crippen molar-refractivity contribution >= 4 is 5.91 Å². The van der Waals surface area contributed by atoms with Crippen LogP contribution in [0, 0.1) is 5.92 Å². The molecule has 0 atom stereocenters. The maximum atomic E-state index is 11.9. The molecule has 0 aromatic heterocycles. The lowest BCUT2D eigenvalue weighted by atomic mass is 9.86. The van der Waals surface area contributed by atoms with E-state index in [1.807, 2.05) is 24.3 Å². The molecule has 18 heavy (non-hydrogen) atoms. The molecule has 1 aromatic rings. The highest BCUT2D eigenvalue weighted by Gasteiger charge is 2.18. The van der Waals surface area contributed by atoms with Gasteiger partial charge in [0, 0.05) is 31.1 Å². The highest BCUT2D eigenvalue weighted by atomic mass is 16.1. The largest absolute Gasteiger partial charge is 0.352 e. The van der Waals surface area contributed by atoms with Crippen LogP contribution in [0.5, 0.6) is 0 Å². The molecule has 1 saturated heterocycles. The molecule has 1 fully saturated rings. The second kappa shape index (κ2) is 5.11. The van der Waals surface area contributed by atoms with Crippen LogP contribution in [0.25, 0.3) is 0 Å². The number of carbonyl (C=O) groups is 1. The third kappa shape index (κ3) is 3.10. The third-order valence-corrected chi connectivity index (χ3v) is 3.43. The molecule has 1 aliphatic heterocycles. The molecule has 0 saturated carbocycles. The smallest absolute Gasteiger partial charge is 0.251 e. The molecule has 0 bridgehead atoms. The molecule has 0 radical (unpaired) electrons. The van der Waals surface area contributed by atoms with E-state index in [0.29, 0.717) is 5.92 Å². The van der Waals surface area contributed by atoms with Crippen molar-refractivity contribution in [2.75, 3.05) is 19.6 Å². The number of carbonyl (C=O) groups excluding carboxylic acids is 1. The van der Waals surface area contributed by atoms with Crippen LogP contribution >= 0.6 is 0 Å². The van der Waals surface area contributed by atoms with Crippen LogP contribution in [0.3, 0.4) is 0 Å².